The highest BCUT2D eigenvalue weighted by molar-refractivity contribution is 7.21. The van der Waals surface area contributed by atoms with Crippen LogP contribution in [-0.2, 0) is 0 Å². The van der Waals surface area contributed by atoms with Crippen LogP contribution in [0.5, 0.6) is 0 Å². The zero-order valence-corrected chi connectivity index (χ0v) is 57.3. The van der Waals surface area contributed by atoms with Crippen molar-refractivity contribution in [2.24, 2.45) is 0 Å². The number of rotatable bonds is 7. The lowest BCUT2D eigenvalue weighted by Crippen LogP contribution is -2.77. The van der Waals surface area contributed by atoms with E-state index in [1.54, 1.807) is 0 Å². The molecule has 0 unspecified atom stereocenters. The van der Waals surface area contributed by atoms with Crippen molar-refractivity contribution in [3.8, 4) is 23.1 Å². The maximum absolute atomic E-state index is 12.7. The molecular weight excluding hydrogens is 1270 g/mol. The van der Waals surface area contributed by atoms with E-state index in [1.807, 2.05) is 0 Å². The van der Waals surface area contributed by atoms with E-state index in [0.717, 1.165) is 82.3 Å². The molecule has 22 rings (SSSR count). The van der Waals surface area contributed by atoms with Crippen molar-refractivity contribution < 1.29 is 0 Å². The van der Waals surface area contributed by atoms with Gasteiger partial charge in [-0.15, -0.1) is 0 Å². The van der Waals surface area contributed by atoms with Crippen molar-refractivity contribution in [2.75, 3.05) is 0 Å². The summed E-state index contributed by atoms with van der Waals surface area (Å²) < 4.78 is 7.12. The minimum absolute atomic E-state index is 0.143. The minimum atomic E-state index is -2.94. The summed E-state index contributed by atoms with van der Waals surface area (Å²) in [4.78, 5) is 4.86. The standard InChI is InChI=1S/C94H58BN5Si2/c1-97-89-93(75(58-96)92-88-94(89)100-79-47-21-15-37-66(79)68-43-27-45-77(91(68)100)95(88)76-44-26-42-67-65-36-14-20-46-78(65)99(92)90(67)76)98-80-54-52-59(86-69-38-16-22-48-82(69)101(61-28-6-2-7-29-61,62-30-8-3-9-31-62)83-49-23-17-39-70(83)86)56-73(80)74-57-60(53-55-81(74)98)87-71-40-18-24-50-84(71)102(63-32-10-4-11-33-63,64-34-12-5-13-35-64)85-51-25-19-41-72(85)87/h2-57,86-87H. The molecule has 0 bridgehead atoms. The first-order valence-electron chi connectivity index (χ1n) is 35.4. The Hall–Kier alpha value is -12.8. The fourth-order valence-electron chi connectivity index (χ4n) is 20.1. The van der Waals surface area contributed by atoms with E-state index in [2.05, 4.69) is 359 Å². The second-order valence-electron chi connectivity index (χ2n) is 28.1. The van der Waals surface area contributed by atoms with Gasteiger partial charge in [-0.3, -0.25) is 0 Å². The molecule has 4 aliphatic heterocycles. The summed E-state index contributed by atoms with van der Waals surface area (Å²) in [6.45, 7) is 9.66. The summed E-state index contributed by atoms with van der Waals surface area (Å²) in [7, 11) is -5.87. The molecule has 0 aliphatic carbocycles. The molecule has 102 heavy (non-hydrogen) atoms. The van der Waals surface area contributed by atoms with E-state index >= 15 is 0 Å². The lowest BCUT2D eigenvalue weighted by atomic mass is 9.34. The van der Waals surface area contributed by atoms with Crippen LogP contribution in [0.25, 0.3) is 87.3 Å². The zero-order valence-electron chi connectivity index (χ0n) is 55.3. The second-order valence-corrected chi connectivity index (χ2v) is 35.6. The Kier molecular flexibility index (Phi) is 12.0. The molecule has 18 aromatic rings. The molecule has 0 amide bonds. The van der Waals surface area contributed by atoms with Crippen LogP contribution in [0.4, 0.5) is 5.69 Å². The van der Waals surface area contributed by atoms with E-state index in [4.69, 9.17) is 4.85 Å². The molecule has 0 saturated heterocycles. The first-order valence-corrected chi connectivity index (χ1v) is 39.4. The molecule has 470 valence electrons. The van der Waals surface area contributed by atoms with Gasteiger partial charge in [0.1, 0.15) is 6.07 Å². The summed E-state index contributed by atoms with van der Waals surface area (Å²) in [5.74, 6) is -0.287. The van der Waals surface area contributed by atoms with Gasteiger partial charge in [-0.2, -0.15) is 5.26 Å². The van der Waals surface area contributed by atoms with Crippen molar-refractivity contribution in [3.05, 3.63) is 390 Å². The smallest absolute Gasteiger partial charge is 0.250 e. The van der Waals surface area contributed by atoms with Crippen molar-refractivity contribution in [1.82, 2.24) is 13.7 Å². The molecule has 0 fully saturated rings. The molecule has 8 heteroatoms. The monoisotopic (exact) mass is 1320 g/mol. The van der Waals surface area contributed by atoms with E-state index in [9.17, 15) is 11.8 Å². The number of hydrogen-bond donors (Lipinski definition) is 0. The van der Waals surface area contributed by atoms with Crippen molar-refractivity contribution in [3.63, 3.8) is 0 Å². The van der Waals surface area contributed by atoms with Gasteiger partial charge in [0.25, 0.3) is 6.71 Å². The van der Waals surface area contributed by atoms with Gasteiger partial charge >= 0.3 is 0 Å². The Morgan fingerprint density at radius 3 is 1.06 bits per heavy atom. The van der Waals surface area contributed by atoms with Crippen LogP contribution in [0.3, 0.4) is 0 Å². The van der Waals surface area contributed by atoms with Gasteiger partial charge < -0.3 is 13.7 Å². The van der Waals surface area contributed by atoms with E-state index in [0.29, 0.717) is 16.9 Å². The zero-order chi connectivity index (χ0) is 67.1. The molecule has 15 aromatic carbocycles. The quantitative estimate of drug-likeness (QED) is 0.116. The number of hydrogen-bond acceptors (Lipinski definition) is 1. The molecule has 0 N–H and O–H groups in total. The predicted molar refractivity (Wildman–Crippen MR) is 427 cm³/mol. The first-order chi connectivity index (χ1) is 50.6. The molecule has 5 nitrogen and oxygen atoms in total. The third-order valence-corrected chi connectivity index (χ3v) is 33.6. The van der Waals surface area contributed by atoms with Gasteiger partial charge in [-0.05, 0) is 128 Å². The summed E-state index contributed by atoms with van der Waals surface area (Å²) >= 11 is 0. The lowest BCUT2D eigenvalue weighted by Gasteiger charge is -2.43. The topological polar surface area (TPSA) is 42.9 Å². The predicted octanol–water partition coefficient (Wildman–Crippen LogP) is 14.3. The van der Waals surface area contributed by atoms with Crippen LogP contribution in [0.2, 0.25) is 0 Å². The average Bonchev–Trinajstić information content (AvgIpc) is 1.42. The van der Waals surface area contributed by atoms with Crippen molar-refractivity contribution >= 4 is 152 Å². The first kappa shape index (κ1) is 57.1. The minimum Gasteiger partial charge on any atom is -0.320 e. The largest absolute Gasteiger partial charge is 0.320 e. The molecule has 4 aliphatic rings. The molecule has 0 saturated carbocycles. The molecule has 3 aromatic heterocycles. The van der Waals surface area contributed by atoms with Gasteiger partial charge in [-0.1, -0.05) is 303 Å². The summed E-state index contributed by atoms with van der Waals surface area (Å²) in [6.07, 6.45) is 0. The molecule has 0 spiro atoms. The maximum atomic E-state index is 12.7. The number of aromatic nitrogens is 3. The van der Waals surface area contributed by atoms with E-state index < -0.39 is 16.1 Å². The maximum Gasteiger partial charge on any atom is 0.250 e. The number of fused-ring (bicyclic) bond motifs is 17. The highest BCUT2D eigenvalue weighted by Crippen LogP contribution is 2.50. The summed E-state index contributed by atoms with van der Waals surface area (Å²) in [5.41, 5.74) is 20.1. The van der Waals surface area contributed by atoms with Crippen LogP contribution >= 0.6 is 0 Å². The molecular formula is C94H58BN5Si2. The summed E-state index contributed by atoms with van der Waals surface area (Å²) in [6, 6.07) is 131. The molecule has 7 heterocycles. The Bertz CT molecular complexity index is 6180. The number of benzene rings is 15. The Labute approximate surface area is 591 Å². The average molecular weight is 1320 g/mol. The number of nitriles is 1. The van der Waals surface area contributed by atoms with Crippen LogP contribution in [0, 0.1) is 17.9 Å². The van der Waals surface area contributed by atoms with Gasteiger partial charge in [0.2, 0.25) is 5.69 Å². The Morgan fingerprint density at radius 2 is 0.667 bits per heavy atom. The van der Waals surface area contributed by atoms with E-state index in [1.165, 1.54) is 85.8 Å². The lowest BCUT2D eigenvalue weighted by molar-refractivity contribution is 0.987. The molecule has 0 radical (unpaired) electrons. The number of para-hydroxylation sites is 4. The Balaban J connectivity index is 0.871. The van der Waals surface area contributed by atoms with Crippen molar-refractivity contribution in [2.45, 2.75) is 11.8 Å². The van der Waals surface area contributed by atoms with Crippen LogP contribution in [0.15, 0.2) is 340 Å². The van der Waals surface area contributed by atoms with Crippen LogP contribution < -0.4 is 57.9 Å². The fourth-order valence-corrected chi connectivity index (χ4v) is 30.6. The third kappa shape index (κ3) is 7.23. The highest BCUT2D eigenvalue weighted by atomic mass is 28.3. The number of nitrogens with zero attached hydrogens (tertiary/aromatic N) is 5. The third-order valence-electron chi connectivity index (χ3n) is 23.7. The van der Waals surface area contributed by atoms with Crippen LogP contribution in [0.1, 0.15) is 50.8 Å². The van der Waals surface area contributed by atoms with Gasteiger partial charge in [0.15, 0.2) is 16.1 Å². The van der Waals surface area contributed by atoms with Crippen LogP contribution in [-0.4, -0.2) is 36.6 Å². The van der Waals surface area contributed by atoms with E-state index in [-0.39, 0.29) is 18.5 Å². The SMILES string of the molecule is [C-]#[N+]c1c(-n2c3ccc(C4c5ccccc5[Si](c5ccccc5)(c5ccccc5)c5ccccc54)cc3c3cc(C4c5ccccc5[Si](c5ccccc5)(c5ccccc5)c5ccccc54)ccc32)c(C#N)c2c3c1-n1c4ccccc4c4cccc(c41)B3c1cccc3c4ccccc4n-2c13. The van der Waals surface area contributed by atoms with Gasteiger partial charge in [0.05, 0.1) is 51.3 Å². The Morgan fingerprint density at radius 1 is 0.324 bits per heavy atom. The highest BCUT2D eigenvalue weighted by Gasteiger charge is 2.52. The van der Waals surface area contributed by atoms with Gasteiger partial charge in [0, 0.05) is 55.2 Å². The normalized spacial score (nSPS) is 14.3. The van der Waals surface area contributed by atoms with Crippen molar-refractivity contribution in [1.29, 1.82) is 5.26 Å². The molecule has 0 atom stereocenters. The van der Waals surface area contributed by atoms with Gasteiger partial charge in [-0.25, -0.2) is 4.85 Å². The fraction of sp³-hybridized carbons (Fsp3) is 0.0213. The summed E-state index contributed by atoms with van der Waals surface area (Å²) in [5, 5.41) is 30.3. The second kappa shape index (κ2) is 21.3.